The summed E-state index contributed by atoms with van der Waals surface area (Å²) in [6.45, 7) is 11.0. The van der Waals surface area contributed by atoms with Crippen LogP contribution in [-0.2, 0) is 23.7 Å². The summed E-state index contributed by atoms with van der Waals surface area (Å²) in [5.41, 5.74) is -2.78. The van der Waals surface area contributed by atoms with Gasteiger partial charge in [0.2, 0.25) is 6.29 Å². The Hall–Kier alpha value is -1.35. The SMILES string of the molecule is CC1(C)CCC2(C(=O)OC3OC(COC4OC(CO)C(O)C(O)C4O)C(O)C(O)C3O)CCC3(C)C(=CCC4C5(C)CC(O)C(O)C(C)(CO)C5C(O)CC43C)C2C1. The van der Waals surface area contributed by atoms with Crippen LogP contribution in [-0.4, -0.2) is 162 Å². The number of rotatable bonds is 7. The molecule has 0 aromatic rings. The molecule has 0 aromatic heterocycles. The summed E-state index contributed by atoms with van der Waals surface area (Å²) >= 11 is 0. The van der Waals surface area contributed by atoms with Crippen LogP contribution in [0.15, 0.2) is 11.6 Å². The van der Waals surface area contributed by atoms with Crippen molar-refractivity contribution in [1.29, 1.82) is 0 Å². The lowest BCUT2D eigenvalue weighted by molar-refractivity contribution is -0.328. The third-order valence-electron chi connectivity index (χ3n) is 17.2. The lowest BCUT2D eigenvalue weighted by Gasteiger charge is -2.72. The van der Waals surface area contributed by atoms with Gasteiger partial charge in [-0.1, -0.05) is 53.2 Å². The molecule has 16 nitrogen and oxygen atoms in total. The van der Waals surface area contributed by atoms with Gasteiger partial charge in [0.25, 0.3) is 0 Å². The molecule has 2 saturated heterocycles. The summed E-state index contributed by atoms with van der Waals surface area (Å²) < 4.78 is 22.9. The first-order chi connectivity index (χ1) is 27.0. The van der Waals surface area contributed by atoms with Crippen LogP contribution >= 0.6 is 0 Å². The second-order valence-electron chi connectivity index (χ2n) is 20.9. The third-order valence-corrected chi connectivity index (χ3v) is 17.2. The van der Waals surface area contributed by atoms with Crippen molar-refractivity contribution < 1.29 is 79.9 Å². The lowest BCUT2D eigenvalue weighted by atomic mass is 9.33. The maximum absolute atomic E-state index is 14.8. The van der Waals surface area contributed by atoms with Crippen molar-refractivity contribution in [3.05, 3.63) is 11.6 Å². The van der Waals surface area contributed by atoms with E-state index in [0.717, 1.165) is 5.57 Å². The largest absolute Gasteiger partial charge is 0.432 e. The summed E-state index contributed by atoms with van der Waals surface area (Å²) in [4.78, 5) is 14.8. The average Bonchev–Trinajstić information content (AvgIpc) is 3.16. The van der Waals surface area contributed by atoms with Crippen LogP contribution in [0.3, 0.4) is 0 Å². The molecular weight excluding hydrogens is 760 g/mol. The Balaban J connectivity index is 1.15. The summed E-state index contributed by atoms with van der Waals surface area (Å²) in [5, 5.41) is 118. The van der Waals surface area contributed by atoms with Crippen molar-refractivity contribution in [2.45, 2.75) is 173 Å². The Morgan fingerprint density at radius 2 is 1.33 bits per heavy atom. The smallest absolute Gasteiger partial charge is 0.315 e. The highest BCUT2D eigenvalue weighted by Gasteiger charge is 2.72. The first kappa shape index (κ1) is 44.7. The van der Waals surface area contributed by atoms with Crippen LogP contribution in [0.1, 0.15) is 92.9 Å². The molecule has 6 fully saturated rings. The van der Waals surface area contributed by atoms with Crippen LogP contribution in [0.25, 0.3) is 0 Å². The minimum absolute atomic E-state index is 0.0212. The Kier molecular flexibility index (Phi) is 11.7. The Morgan fingerprint density at radius 1 is 0.724 bits per heavy atom. The number of carbonyl (C=O) groups excluding carboxylic acids is 1. The van der Waals surface area contributed by atoms with E-state index in [0.29, 0.717) is 44.9 Å². The molecule has 21 atom stereocenters. The number of fused-ring (bicyclic) bond motifs is 7. The molecule has 0 spiro atoms. The minimum atomic E-state index is -1.83. The van der Waals surface area contributed by atoms with E-state index in [1.54, 1.807) is 6.92 Å². The standard InChI is InChI=1S/C42H68O16/c1-37(2)9-11-42(36(54)58-35-31(52)29(50)27(48)24(57-35)17-55-34-30(51)28(49)26(47)23(16-43)56-34)12-10-40(5)19(20(42)13-37)7-8-25-38(3)14-22(46)33(53)39(4,18-44)32(38)21(45)15-41(25,40)6/h7,20-35,43-53H,8-18H2,1-6H3. The summed E-state index contributed by atoms with van der Waals surface area (Å²) in [5.74, 6) is -1.38. The van der Waals surface area contributed by atoms with E-state index in [4.69, 9.17) is 18.9 Å². The molecule has 7 aliphatic rings. The zero-order chi connectivity index (χ0) is 42.7. The Bertz CT molecular complexity index is 1570. The van der Waals surface area contributed by atoms with E-state index >= 15 is 0 Å². The molecule has 2 heterocycles. The van der Waals surface area contributed by atoms with Crippen LogP contribution in [0.2, 0.25) is 0 Å². The van der Waals surface area contributed by atoms with Crippen LogP contribution < -0.4 is 0 Å². The molecule has 0 amide bonds. The highest BCUT2D eigenvalue weighted by molar-refractivity contribution is 5.79. The van der Waals surface area contributed by atoms with E-state index in [1.807, 2.05) is 0 Å². The molecule has 0 aromatic carbocycles. The van der Waals surface area contributed by atoms with Crippen molar-refractivity contribution >= 4 is 5.97 Å². The van der Waals surface area contributed by atoms with E-state index in [-0.39, 0.29) is 30.3 Å². The van der Waals surface area contributed by atoms with Gasteiger partial charge in [-0.05, 0) is 84.9 Å². The molecule has 5 aliphatic carbocycles. The maximum atomic E-state index is 14.8. The van der Waals surface area contributed by atoms with E-state index in [2.05, 4.69) is 40.7 Å². The fraction of sp³-hybridized carbons (Fsp3) is 0.929. The summed E-state index contributed by atoms with van der Waals surface area (Å²) in [6, 6.07) is 0. The van der Waals surface area contributed by atoms with Gasteiger partial charge in [0.05, 0.1) is 43.5 Å². The number of esters is 1. The topological polar surface area (TPSA) is 277 Å². The number of ether oxygens (including phenoxy) is 4. The number of hydrogen-bond donors (Lipinski definition) is 11. The van der Waals surface area contributed by atoms with E-state index in [1.165, 1.54) is 0 Å². The van der Waals surface area contributed by atoms with Crippen LogP contribution in [0.5, 0.6) is 0 Å². The first-order valence-electron chi connectivity index (χ1n) is 21.1. The lowest BCUT2D eigenvalue weighted by Crippen LogP contribution is -2.71. The molecule has 4 saturated carbocycles. The fourth-order valence-corrected chi connectivity index (χ4v) is 13.7. The summed E-state index contributed by atoms with van der Waals surface area (Å²) in [7, 11) is 0. The quantitative estimate of drug-likeness (QED) is 0.111. The average molecular weight is 829 g/mol. The second-order valence-corrected chi connectivity index (χ2v) is 20.9. The number of aliphatic hydroxyl groups excluding tert-OH is 11. The van der Waals surface area contributed by atoms with Crippen molar-refractivity contribution in [1.82, 2.24) is 0 Å². The number of carbonyl (C=O) groups is 1. The zero-order valence-corrected chi connectivity index (χ0v) is 34.6. The van der Waals surface area contributed by atoms with Crippen molar-refractivity contribution in [2.24, 2.45) is 50.2 Å². The molecular formula is C42H68O16. The molecule has 16 heteroatoms. The minimum Gasteiger partial charge on any atom is -0.432 e. The Morgan fingerprint density at radius 3 is 1.97 bits per heavy atom. The number of hydrogen-bond acceptors (Lipinski definition) is 16. The second kappa shape index (κ2) is 15.2. The predicted octanol–water partition coefficient (Wildman–Crippen LogP) is -0.770. The third kappa shape index (κ3) is 6.49. The van der Waals surface area contributed by atoms with Gasteiger partial charge in [-0.3, -0.25) is 4.79 Å². The molecule has 0 bridgehead atoms. The van der Waals surface area contributed by atoms with E-state index in [9.17, 15) is 61.0 Å². The number of allylic oxidation sites excluding steroid dienone is 2. The van der Waals surface area contributed by atoms with Crippen molar-refractivity contribution in [2.75, 3.05) is 19.8 Å². The first-order valence-corrected chi connectivity index (χ1v) is 21.1. The highest BCUT2D eigenvalue weighted by atomic mass is 16.7. The van der Waals surface area contributed by atoms with Gasteiger partial charge in [0.1, 0.15) is 48.8 Å². The van der Waals surface area contributed by atoms with Gasteiger partial charge >= 0.3 is 5.97 Å². The molecule has 21 unspecified atom stereocenters. The van der Waals surface area contributed by atoms with Crippen molar-refractivity contribution in [3.8, 4) is 0 Å². The summed E-state index contributed by atoms with van der Waals surface area (Å²) in [6.07, 6.45) is -13.1. The van der Waals surface area contributed by atoms with Gasteiger partial charge in [0.15, 0.2) is 6.29 Å². The Labute approximate surface area is 339 Å². The molecule has 58 heavy (non-hydrogen) atoms. The van der Waals surface area contributed by atoms with Gasteiger partial charge in [-0.25, -0.2) is 0 Å². The number of aliphatic hydroxyl groups is 11. The van der Waals surface area contributed by atoms with Crippen LogP contribution in [0, 0.1) is 50.2 Å². The normalized spacial score (nSPS) is 55.2. The van der Waals surface area contributed by atoms with E-state index < -0.39 is 132 Å². The molecule has 0 radical (unpaired) electrons. The highest BCUT2D eigenvalue weighted by Crippen LogP contribution is 2.76. The van der Waals surface area contributed by atoms with Crippen LogP contribution in [0.4, 0.5) is 0 Å². The van der Waals surface area contributed by atoms with Gasteiger partial charge in [0, 0.05) is 11.3 Å². The molecule has 2 aliphatic heterocycles. The zero-order valence-electron chi connectivity index (χ0n) is 34.6. The van der Waals surface area contributed by atoms with Gasteiger partial charge < -0.3 is 75.1 Å². The van der Waals surface area contributed by atoms with Gasteiger partial charge in [-0.15, -0.1) is 0 Å². The fourth-order valence-electron chi connectivity index (χ4n) is 13.7. The monoisotopic (exact) mass is 828 g/mol. The van der Waals surface area contributed by atoms with Gasteiger partial charge in [-0.2, -0.15) is 0 Å². The molecule has 332 valence electrons. The molecule has 7 rings (SSSR count). The van der Waals surface area contributed by atoms with Crippen molar-refractivity contribution in [3.63, 3.8) is 0 Å². The predicted molar refractivity (Wildman–Crippen MR) is 202 cm³/mol. The molecule has 11 N–H and O–H groups in total. The maximum Gasteiger partial charge on any atom is 0.315 e.